The van der Waals surface area contributed by atoms with Crippen molar-refractivity contribution in [2.75, 3.05) is 7.11 Å². The minimum absolute atomic E-state index is 0.488. The fourth-order valence-corrected chi connectivity index (χ4v) is 1.40. The van der Waals surface area contributed by atoms with E-state index in [0.29, 0.717) is 12.1 Å². The third-order valence-electron chi connectivity index (χ3n) is 2.36. The highest BCUT2D eigenvalue weighted by Gasteiger charge is 2.29. The van der Waals surface area contributed by atoms with E-state index < -0.39 is 46.9 Å². The van der Waals surface area contributed by atoms with Gasteiger partial charge in [0.15, 0.2) is 6.10 Å². The second-order valence-electron chi connectivity index (χ2n) is 3.58. The number of carbonyl (C=O) groups excluding carboxylic acids is 1. The SMILES string of the molecule is COC(=O)C(O)C(O)c1cc(F)c(C(=O)O)c(F)c1. The van der Waals surface area contributed by atoms with E-state index in [2.05, 4.69) is 4.74 Å². The standard InChI is InChI=1S/C11H10F2O6/c1-19-11(18)9(15)8(14)4-2-5(12)7(10(16)17)6(13)3-4/h2-3,8-9,14-15H,1H3,(H,16,17). The molecular weight excluding hydrogens is 266 g/mol. The lowest BCUT2D eigenvalue weighted by Gasteiger charge is -2.16. The number of hydrogen-bond acceptors (Lipinski definition) is 5. The number of hydrogen-bond donors (Lipinski definition) is 3. The van der Waals surface area contributed by atoms with E-state index in [0.717, 1.165) is 7.11 Å². The number of carboxylic acids is 1. The third-order valence-corrected chi connectivity index (χ3v) is 2.36. The quantitative estimate of drug-likeness (QED) is 0.680. The number of aromatic carboxylic acids is 1. The summed E-state index contributed by atoms with van der Waals surface area (Å²) >= 11 is 0. The van der Waals surface area contributed by atoms with Crippen molar-refractivity contribution in [3.05, 3.63) is 34.9 Å². The van der Waals surface area contributed by atoms with Gasteiger partial charge in [-0.25, -0.2) is 18.4 Å². The molecule has 3 N–H and O–H groups in total. The number of carbonyl (C=O) groups is 2. The Morgan fingerprint density at radius 2 is 1.68 bits per heavy atom. The molecule has 0 saturated heterocycles. The summed E-state index contributed by atoms with van der Waals surface area (Å²) in [5.41, 5.74) is -1.68. The molecule has 1 aromatic carbocycles. The van der Waals surface area contributed by atoms with E-state index in [1.165, 1.54) is 0 Å². The van der Waals surface area contributed by atoms with E-state index in [1.54, 1.807) is 0 Å². The number of rotatable bonds is 4. The van der Waals surface area contributed by atoms with Crippen LogP contribution in [0.5, 0.6) is 0 Å². The summed E-state index contributed by atoms with van der Waals surface area (Å²) in [6.45, 7) is 0. The van der Waals surface area contributed by atoms with Crippen LogP contribution in [0.2, 0.25) is 0 Å². The van der Waals surface area contributed by atoms with Crippen LogP contribution in [-0.4, -0.2) is 40.5 Å². The molecule has 19 heavy (non-hydrogen) atoms. The highest BCUT2D eigenvalue weighted by molar-refractivity contribution is 5.88. The topological polar surface area (TPSA) is 104 Å². The van der Waals surface area contributed by atoms with Crippen LogP contribution in [0.15, 0.2) is 12.1 Å². The zero-order chi connectivity index (χ0) is 14.7. The van der Waals surface area contributed by atoms with Gasteiger partial charge in [0.2, 0.25) is 0 Å². The number of halogens is 2. The number of benzene rings is 1. The van der Waals surface area contributed by atoms with Crippen molar-refractivity contribution in [2.45, 2.75) is 12.2 Å². The monoisotopic (exact) mass is 276 g/mol. The van der Waals surface area contributed by atoms with Crippen LogP contribution in [-0.2, 0) is 9.53 Å². The molecule has 6 nitrogen and oxygen atoms in total. The largest absolute Gasteiger partial charge is 0.477 e. The molecule has 0 aliphatic heterocycles. The van der Waals surface area contributed by atoms with Gasteiger partial charge in [-0.15, -0.1) is 0 Å². The minimum Gasteiger partial charge on any atom is -0.477 e. The number of methoxy groups -OCH3 is 1. The van der Waals surface area contributed by atoms with Crippen molar-refractivity contribution in [3.8, 4) is 0 Å². The molecule has 0 saturated carbocycles. The van der Waals surface area contributed by atoms with Crippen molar-refractivity contribution >= 4 is 11.9 Å². The Kier molecular flexibility index (Phi) is 4.52. The van der Waals surface area contributed by atoms with Crippen LogP contribution in [0.4, 0.5) is 8.78 Å². The van der Waals surface area contributed by atoms with E-state index in [1.807, 2.05) is 0 Å². The van der Waals surface area contributed by atoms with E-state index >= 15 is 0 Å². The summed E-state index contributed by atoms with van der Waals surface area (Å²) in [6, 6.07) is 1.03. The van der Waals surface area contributed by atoms with Crippen LogP contribution >= 0.6 is 0 Å². The smallest absolute Gasteiger partial charge is 0.341 e. The molecule has 0 spiro atoms. The summed E-state index contributed by atoms with van der Waals surface area (Å²) in [7, 11) is 0.951. The van der Waals surface area contributed by atoms with Gasteiger partial charge in [0.25, 0.3) is 0 Å². The maximum Gasteiger partial charge on any atom is 0.341 e. The van der Waals surface area contributed by atoms with Gasteiger partial charge < -0.3 is 20.1 Å². The molecule has 8 heteroatoms. The van der Waals surface area contributed by atoms with Crippen molar-refractivity contribution in [1.82, 2.24) is 0 Å². The average molecular weight is 276 g/mol. The zero-order valence-electron chi connectivity index (χ0n) is 9.63. The maximum atomic E-state index is 13.3. The Morgan fingerprint density at radius 1 is 1.21 bits per heavy atom. The van der Waals surface area contributed by atoms with Gasteiger partial charge in [-0.2, -0.15) is 0 Å². The predicted octanol–water partition coefficient (Wildman–Crippen LogP) is 0.230. The molecule has 104 valence electrons. The van der Waals surface area contributed by atoms with Gasteiger partial charge in [-0.05, 0) is 17.7 Å². The number of aliphatic hydroxyl groups is 2. The number of esters is 1. The van der Waals surface area contributed by atoms with Gasteiger partial charge >= 0.3 is 11.9 Å². The predicted molar refractivity (Wildman–Crippen MR) is 56.3 cm³/mol. The lowest BCUT2D eigenvalue weighted by Crippen LogP contribution is -2.29. The zero-order valence-corrected chi connectivity index (χ0v) is 9.63. The molecule has 0 aliphatic carbocycles. The second-order valence-corrected chi connectivity index (χ2v) is 3.58. The summed E-state index contributed by atoms with van der Waals surface area (Å²) in [5, 5.41) is 27.4. The molecule has 2 unspecified atom stereocenters. The van der Waals surface area contributed by atoms with Gasteiger partial charge in [0, 0.05) is 0 Å². The molecule has 0 bridgehead atoms. The van der Waals surface area contributed by atoms with Crippen LogP contribution in [0.25, 0.3) is 0 Å². The average Bonchev–Trinajstić information content (AvgIpc) is 2.34. The van der Waals surface area contributed by atoms with E-state index in [9.17, 15) is 28.6 Å². The Morgan fingerprint density at radius 3 is 2.05 bits per heavy atom. The first-order chi connectivity index (χ1) is 8.79. The third kappa shape index (κ3) is 3.04. The summed E-state index contributed by atoms with van der Waals surface area (Å²) < 4.78 is 30.8. The van der Waals surface area contributed by atoms with Crippen LogP contribution in [0, 0.1) is 11.6 Å². The molecule has 1 rings (SSSR count). The molecule has 2 atom stereocenters. The highest BCUT2D eigenvalue weighted by Crippen LogP contribution is 2.23. The first kappa shape index (κ1) is 15.0. The summed E-state index contributed by atoms with van der Waals surface area (Å²) in [4.78, 5) is 21.5. The first-order valence-electron chi connectivity index (χ1n) is 4.95. The normalized spacial score (nSPS) is 13.7. The summed E-state index contributed by atoms with van der Waals surface area (Å²) in [5.74, 6) is -5.88. The lowest BCUT2D eigenvalue weighted by atomic mass is 10.0. The Bertz CT molecular complexity index is 493. The Hall–Kier alpha value is -2.06. The highest BCUT2D eigenvalue weighted by atomic mass is 19.1. The second kappa shape index (κ2) is 5.72. The van der Waals surface area contributed by atoms with Gasteiger partial charge in [-0.1, -0.05) is 0 Å². The van der Waals surface area contributed by atoms with Crippen LogP contribution in [0.1, 0.15) is 22.0 Å². The van der Waals surface area contributed by atoms with Crippen molar-refractivity contribution in [2.24, 2.45) is 0 Å². The molecule has 0 fully saturated rings. The maximum absolute atomic E-state index is 13.3. The molecule has 0 radical (unpaired) electrons. The number of ether oxygens (including phenoxy) is 1. The molecule has 0 heterocycles. The van der Waals surface area contributed by atoms with Crippen molar-refractivity contribution < 1.29 is 38.4 Å². The lowest BCUT2D eigenvalue weighted by molar-refractivity contribution is -0.156. The molecule has 1 aromatic rings. The van der Waals surface area contributed by atoms with Crippen LogP contribution in [0.3, 0.4) is 0 Å². The molecule has 0 aliphatic rings. The fourth-order valence-electron chi connectivity index (χ4n) is 1.40. The molecule has 0 amide bonds. The minimum atomic E-state index is -2.04. The van der Waals surface area contributed by atoms with Gasteiger partial charge in [0.1, 0.15) is 23.3 Å². The van der Waals surface area contributed by atoms with Crippen molar-refractivity contribution in [3.63, 3.8) is 0 Å². The Labute approximate surface area is 105 Å². The van der Waals surface area contributed by atoms with Gasteiger partial charge in [0.05, 0.1) is 7.11 Å². The molecule has 0 aromatic heterocycles. The Balaban J connectivity index is 3.16. The summed E-state index contributed by atoms with van der Waals surface area (Å²) in [6.07, 6.45) is -3.99. The van der Waals surface area contributed by atoms with Gasteiger partial charge in [-0.3, -0.25) is 0 Å². The van der Waals surface area contributed by atoms with Crippen LogP contribution < -0.4 is 0 Å². The fraction of sp³-hybridized carbons (Fsp3) is 0.273. The van der Waals surface area contributed by atoms with Crippen molar-refractivity contribution in [1.29, 1.82) is 0 Å². The number of carboxylic acid groups (broad SMARTS) is 1. The van der Waals surface area contributed by atoms with E-state index in [-0.39, 0.29) is 0 Å². The molecular formula is C11H10F2O6. The first-order valence-corrected chi connectivity index (χ1v) is 4.95. The number of aliphatic hydroxyl groups excluding tert-OH is 2. The van der Waals surface area contributed by atoms with E-state index in [4.69, 9.17) is 5.11 Å².